The number of nitrogens with zero attached hydrogens (tertiary/aromatic N) is 3. The number of aromatic nitrogens is 3. The Hall–Kier alpha value is -1.47. The lowest BCUT2D eigenvalue weighted by Gasteiger charge is -2.33. The number of nitrogens with one attached hydrogen (secondary N) is 2. The molecule has 3 unspecified atom stereocenters. The fourth-order valence-electron chi connectivity index (χ4n) is 4.10. The molecule has 1 aliphatic carbocycles. The van der Waals surface area contributed by atoms with Gasteiger partial charge in [-0.2, -0.15) is 5.10 Å². The van der Waals surface area contributed by atoms with E-state index in [-0.39, 0.29) is 12.4 Å². The topological polar surface area (TPSA) is 64.0 Å². The van der Waals surface area contributed by atoms with E-state index in [1.54, 1.807) is 12.7 Å². The van der Waals surface area contributed by atoms with E-state index in [1.807, 2.05) is 4.68 Å². The first kappa shape index (κ1) is 19.3. The highest BCUT2D eigenvalue weighted by Gasteiger charge is 2.34. The van der Waals surface area contributed by atoms with Crippen LogP contribution in [0.15, 0.2) is 36.9 Å². The van der Waals surface area contributed by atoms with Crippen LogP contribution in [0, 0.1) is 5.92 Å². The van der Waals surface area contributed by atoms with Gasteiger partial charge in [0.15, 0.2) is 0 Å². The van der Waals surface area contributed by atoms with E-state index < -0.39 is 0 Å². The molecule has 1 aromatic carbocycles. The van der Waals surface area contributed by atoms with E-state index >= 15 is 0 Å². The highest BCUT2D eigenvalue weighted by Crippen LogP contribution is 2.29. The number of rotatable bonds is 6. The average molecular weight is 378 g/mol. The molecule has 2 heterocycles. The molecular formula is C19H28ClN5O. The maximum atomic E-state index is 5.66. The Bertz CT molecular complexity index is 642. The molecule has 1 saturated carbocycles. The summed E-state index contributed by atoms with van der Waals surface area (Å²) in [5.41, 5.74) is 2.58. The third kappa shape index (κ3) is 4.82. The quantitative estimate of drug-likeness (QED) is 0.806. The van der Waals surface area contributed by atoms with Crippen molar-refractivity contribution in [1.82, 2.24) is 25.4 Å². The second-order valence-corrected chi connectivity index (χ2v) is 7.13. The van der Waals surface area contributed by atoms with Crippen LogP contribution in [-0.2, 0) is 17.8 Å². The van der Waals surface area contributed by atoms with Crippen LogP contribution in [0.2, 0.25) is 0 Å². The standard InChI is InChI=1S/C19H27N5O.ClH/c1-2-17(19-12-25-9-8-21-19)18(3-1)22-10-15-4-6-16(7-5-15)11-24-14-20-13-23-24;/h4-7,13-14,17-19,21-22H,1-3,8-12H2;1H. The van der Waals surface area contributed by atoms with Crippen molar-refractivity contribution in [3.8, 4) is 0 Å². The SMILES string of the molecule is Cl.c1ncn(Cc2ccc(CNC3CCCC3C3COCCN3)cc2)n1. The molecule has 26 heavy (non-hydrogen) atoms. The lowest BCUT2D eigenvalue weighted by molar-refractivity contribution is 0.0524. The van der Waals surface area contributed by atoms with Crippen LogP contribution in [-0.4, -0.2) is 46.6 Å². The number of morpholine rings is 1. The summed E-state index contributed by atoms with van der Waals surface area (Å²) < 4.78 is 7.50. The van der Waals surface area contributed by atoms with Gasteiger partial charge < -0.3 is 15.4 Å². The zero-order chi connectivity index (χ0) is 16.9. The Morgan fingerprint density at radius 1 is 1.19 bits per heavy atom. The zero-order valence-corrected chi connectivity index (χ0v) is 15.8. The summed E-state index contributed by atoms with van der Waals surface area (Å²) in [5, 5.41) is 11.6. The molecule has 1 saturated heterocycles. The van der Waals surface area contributed by atoms with Crippen LogP contribution >= 0.6 is 12.4 Å². The van der Waals surface area contributed by atoms with E-state index in [0.717, 1.165) is 32.8 Å². The molecule has 2 N–H and O–H groups in total. The van der Waals surface area contributed by atoms with E-state index in [2.05, 4.69) is 45.0 Å². The molecule has 2 fully saturated rings. The summed E-state index contributed by atoms with van der Waals surface area (Å²) in [4.78, 5) is 3.98. The fraction of sp³-hybridized carbons (Fsp3) is 0.579. The lowest BCUT2D eigenvalue weighted by atomic mass is 9.94. The van der Waals surface area contributed by atoms with Gasteiger partial charge in [-0.05, 0) is 29.9 Å². The van der Waals surface area contributed by atoms with Crippen molar-refractivity contribution in [2.75, 3.05) is 19.8 Å². The Morgan fingerprint density at radius 2 is 2.04 bits per heavy atom. The second kappa shape index (κ2) is 9.46. The summed E-state index contributed by atoms with van der Waals surface area (Å²) in [6.45, 7) is 4.40. The Labute approximate surface area is 161 Å². The molecule has 1 aliphatic heterocycles. The lowest BCUT2D eigenvalue weighted by Crippen LogP contribution is -2.50. The van der Waals surface area contributed by atoms with Gasteiger partial charge in [0, 0.05) is 25.2 Å². The van der Waals surface area contributed by atoms with Crippen molar-refractivity contribution in [3.05, 3.63) is 48.0 Å². The molecular weight excluding hydrogens is 350 g/mol. The predicted octanol–water partition coefficient (Wildman–Crippen LogP) is 1.99. The number of hydrogen-bond donors (Lipinski definition) is 2. The van der Waals surface area contributed by atoms with Gasteiger partial charge in [0.2, 0.25) is 0 Å². The first-order valence-electron chi connectivity index (χ1n) is 9.33. The molecule has 4 rings (SSSR count). The molecule has 0 spiro atoms. The molecule has 7 heteroatoms. The smallest absolute Gasteiger partial charge is 0.137 e. The highest BCUT2D eigenvalue weighted by atomic mass is 35.5. The fourth-order valence-corrected chi connectivity index (χ4v) is 4.10. The summed E-state index contributed by atoms with van der Waals surface area (Å²) in [7, 11) is 0. The second-order valence-electron chi connectivity index (χ2n) is 7.13. The van der Waals surface area contributed by atoms with Gasteiger partial charge in [-0.15, -0.1) is 12.4 Å². The number of halogens is 1. The Balaban J connectivity index is 0.00000196. The third-order valence-corrected chi connectivity index (χ3v) is 5.44. The molecule has 0 bridgehead atoms. The molecule has 6 nitrogen and oxygen atoms in total. The number of benzene rings is 1. The van der Waals surface area contributed by atoms with E-state index in [4.69, 9.17) is 4.74 Å². The first-order valence-corrected chi connectivity index (χ1v) is 9.33. The summed E-state index contributed by atoms with van der Waals surface area (Å²) in [6.07, 6.45) is 7.21. The van der Waals surface area contributed by atoms with Crippen LogP contribution in [0.3, 0.4) is 0 Å². The molecule has 0 radical (unpaired) electrons. The highest BCUT2D eigenvalue weighted by molar-refractivity contribution is 5.85. The maximum absolute atomic E-state index is 5.66. The van der Waals surface area contributed by atoms with Gasteiger partial charge in [-0.1, -0.05) is 30.7 Å². The molecule has 2 aliphatic rings. The summed E-state index contributed by atoms with van der Waals surface area (Å²) in [5.74, 6) is 0.687. The Kier molecular flexibility index (Phi) is 7.02. The monoisotopic (exact) mass is 377 g/mol. The molecule has 0 amide bonds. The van der Waals surface area contributed by atoms with Crippen LogP contribution in [0.4, 0.5) is 0 Å². The molecule has 1 aromatic heterocycles. The van der Waals surface area contributed by atoms with Crippen molar-refractivity contribution >= 4 is 12.4 Å². The van der Waals surface area contributed by atoms with Crippen LogP contribution in [0.5, 0.6) is 0 Å². The van der Waals surface area contributed by atoms with Gasteiger partial charge in [-0.25, -0.2) is 9.67 Å². The third-order valence-electron chi connectivity index (χ3n) is 5.44. The van der Waals surface area contributed by atoms with Crippen LogP contribution < -0.4 is 10.6 Å². The number of hydrogen-bond acceptors (Lipinski definition) is 5. The minimum absolute atomic E-state index is 0. The largest absolute Gasteiger partial charge is 0.379 e. The van der Waals surface area contributed by atoms with Crippen molar-refractivity contribution in [1.29, 1.82) is 0 Å². The maximum Gasteiger partial charge on any atom is 0.137 e. The zero-order valence-electron chi connectivity index (χ0n) is 15.0. The van der Waals surface area contributed by atoms with Gasteiger partial charge in [0.05, 0.1) is 19.8 Å². The summed E-state index contributed by atoms with van der Waals surface area (Å²) >= 11 is 0. The van der Waals surface area contributed by atoms with Gasteiger partial charge in [0.25, 0.3) is 0 Å². The minimum Gasteiger partial charge on any atom is -0.379 e. The normalized spacial score (nSPS) is 25.8. The predicted molar refractivity (Wildman–Crippen MR) is 103 cm³/mol. The van der Waals surface area contributed by atoms with E-state index in [9.17, 15) is 0 Å². The van der Waals surface area contributed by atoms with Crippen molar-refractivity contribution in [2.24, 2.45) is 5.92 Å². The Morgan fingerprint density at radius 3 is 2.77 bits per heavy atom. The van der Waals surface area contributed by atoms with Gasteiger partial charge >= 0.3 is 0 Å². The minimum atomic E-state index is 0. The van der Waals surface area contributed by atoms with Gasteiger partial charge in [0.1, 0.15) is 12.7 Å². The van der Waals surface area contributed by atoms with E-state index in [1.165, 1.54) is 30.4 Å². The number of ether oxygens (including phenoxy) is 1. The summed E-state index contributed by atoms with van der Waals surface area (Å²) in [6, 6.07) is 9.90. The van der Waals surface area contributed by atoms with Gasteiger partial charge in [-0.3, -0.25) is 0 Å². The molecule has 142 valence electrons. The van der Waals surface area contributed by atoms with Crippen molar-refractivity contribution < 1.29 is 4.74 Å². The van der Waals surface area contributed by atoms with Crippen molar-refractivity contribution in [2.45, 2.75) is 44.4 Å². The van der Waals surface area contributed by atoms with Crippen LogP contribution in [0.25, 0.3) is 0 Å². The molecule has 2 aromatic rings. The molecule has 3 atom stereocenters. The van der Waals surface area contributed by atoms with Crippen molar-refractivity contribution in [3.63, 3.8) is 0 Å². The van der Waals surface area contributed by atoms with E-state index in [0.29, 0.717) is 18.0 Å². The first-order chi connectivity index (χ1) is 12.4. The van der Waals surface area contributed by atoms with Crippen LogP contribution in [0.1, 0.15) is 30.4 Å². The average Bonchev–Trinajstić information content (AvgIpc) is 3.33.